The monoisotopic (exact) mass is 412 g/mol. The lowest BCUT2D eigenvalue weighted by Gasteiger charge is -2.11. The fraction of sp³-hybridized carbons (Fsp3) is 0.0588. The summed E-state index contributed by atoms with van der Waals surface area (Å²) < 4.78 is 1.52. The third-order valence-electron chi connectivity index (χ3n) is 3.50. The number of carboxylic acids is 1. The van der Waals surface area contributed by atoms with Gasteiger partial charge in [-0.05, 0) is 36.6 Å². The Balaban J connectivity index is 2.34. The van der Waals surface area contributed by atoms with Crippen molar-refractivity contribution in [2.24, 2.45) is 0 Å². The number of aromatic carboxylic acids is 1. The third-order valence-corrected chi connectivity index (χ3v) is 5.09. The second kappa shape index (κ2) is 7.30. The van der Waals surface area contributed by atoms with Crippen molar-refractivity contribution in [3.05, 3.63) is 63.2 Å². The molecule has 25 heavy (non-hydrogen) atoms. The van der Waals surface area contributed by atoms with Crippen molar-refractivity contribution >= 4 is 52.5 Å². The predicted molar refractivity (Wildman–Crippen MR) is 103 cm³/mol. The van der Waals surface area contributed by atoms with Gasteiger partial charge in [0.2, 0.25) is 0 Å². The first-order valence-electron chi connectivity index (χ1n) is 7.04. The summed E-state index contributed by atoms with van der Waals surface area (Å²) in [6.45, 7) is 0. The minimum absolute atomic E-state index is 0.0385. The molecule has 0 saturated heterocycles. The van der Waals surface area contributed by atoms with Crippen LogP contribution in [0.25, 0.3) is 16.9 Å². The molecule has 0 unspecified atom stereocenters. The second-order valence-electron chi connectivity index (χ2n) is 5.05. The number of nitrogens with zero attached hydrogens (tertiary/aromatic N) is 2. The van der Waals surface area contributed by atoms with Crippen LogP contribution in [0.5, 0.6) is 0 Å². The first-order chi connectivity index (χ1) is 11.9. The van der Waals surface area contributed by atoms with Crippen molar-refractivity contribution < 1.29 is 9.90 Å². The van der Waals surface area contributed by atoms with E-state index in [1.807, 2.05) is 12.1 Å². The molecule has 0 atom stereocenters. The molecule has 128 valence electrons. The molecule has 0 amide bonds. The molecule has 3 aromatic rings. The van der Waals surface area contributed by atoms with Gasteiger partial charge in [0.05, 0.1) is 21.3 Å². The van der Waals surface area contributed by atoms with Gasteiger partial charge in [0, 0.05) is 15.6 Å². The van der Waals surface area contributed by atoms with Crippen LogP contribution in [0.3, 0.4) is 0 Å². The Morgan fingerprint density at radius 3 is 2.28 bits per heavy atom. The molecule has 0 aliphatic heterocycles. The largest absolute Gasteiger partial charge is 0.476 e. The Morgan fingerprint density at radius 1 is 1.08 bits per heavy atom. The van der Waals surface area contributed by atoms with Crippen molar-refractivity contribution in [2.45, 2.75) is 4.90 Å². The maximum absolute atomic E-state index is 11.6. The van der Waals surface area contributed by atoms with Gasteiger partial charge in [-0.1, -0.05) is 46.9 Å². The van der Waals surface area contributed by atoms with E-state index in [1.54, 1.807) is 36.6 Å². The number of carboxylic acid groups (broad SMARTS) is 1. The lowest BCUT2D eigenvalue weighted by Crippen LogP contribution is -2.03. The van der Waals surface area contributed by atoms with E-state index in [0.717, 1.165) is 5.56 Å². The summed E-state index contributed by atoms with van der Waals surface area (Å²) in [6, 6.07) is 12.1. The summed E-state index contributed by atoms with van der Waals surface area (Å²) in [6.07, 6.45) is 1.80. The van der Waals surface area contributed by atoms with E-state index in [4.69, 9.17) is 34.8 Å². The van der Waals surface area contributed by atoms with E-state index in [1.165, 1.54) is 16.4 Å². The van der Waals surface area contributed by atoms with Crippen LogP contribution in [-0.4, -0.2) is 27.1 Å². The summed E-state index contributed by atoms with van der Waals surface area (Å²) in [4.78, 5) is 12.2. The molecule has 2 aromatic carbocycles. The highest BCUT2D eigenvalue weighted by atomic mass is 35.5. The maximum atomic E-state index is 11.6. The Morgan fingerprint density at radius 2 is 1.72 bits per heavy atom. The van der Waals surface area contributed by atoms with Crippen molar-refractivity contribution in [1.29, 1.82) is 0 Å². The molecule has 0 radical (unpaired) electrons. The molecule has 1 heterocycles. The minimum atomic E-state index is -1.11. The lowest BCUT2D eigenvalue weighted by atomic mass is 10.1. The van der Waals surface area contributed by atoms with Gasteiger partial charge < -0.3 is 5.11 Å². The van der Waals surface area contributed by atoms with E-state index in [2.05, 4.69) is 5.10 Å². The predicted octanol–water partition coefficient (Wildman–Crippen LogP) is 5.92. The fourth-order valence-electron chi connectivity index (χ4n) is 2.43. The summed E-state index contributed by atoms with van der Waals surface area (Å²) in [5.74, 6) is -1.11. The second-order valence-corrected chi connectivity index (χ2v) is 7.15. The van der Waals surface area contributed by atoms with Gasteiger partial charge in [0.1, 0.15) is 0 Å². The molecule has 0 saturated carbocycles. The zero-order chi connectivity index (χ0) is 18.1. The van der Waals surface area contributed by atoms with Crippen molar-refractivity contribution in [2.75, 3.05) is 6.26 Å². The number of aromatic nitrogens is 2. The first kappa shape index (κ1) is 18.1. The van der Waals surface area contributed by atoms with Gasteiger partial charge in [-0.25, -0.2) is 9.48 Å². The molecular formula is C17H11Cl3N2O2S. The van der Waals surface area contributed by atoms with Crippen LogP contribution in [0.2, 0.25) is 15.1 Å². The summed E-state index contributed by atoms with van der Waals surface area (Å²) in [5.41, 5.74) is 1.91. The highest BCUT2D eigenvalue weighted by molar-refractivity contribution is 7.98. The molecule has 0 bridgehead atoms. The van der Waals surface area contributed by atoms with Gasteiger partial charge in [-0.15, -0.1) is 11.8 Å². The van der Waals surface area contributed by atoms with E-state index in [0.29, 0.717) is 31.3 Å². The zero-order valence-electron chi connectivity index (χ0n) is 12.8. The Bertz CT molecular complexity index is 955. The first-order valence-corrected chi connectivity index (χ1v) is 9.40. The van der Waals surface area contributed by atoms with Gasteiger partial charge in [-0.3, -0.25) is 0 Å². The molecule has 0 fully saturated rings. The average molecular weight is 414 g/mol. The highest BCUT2D eigenvalue weighted by Gasteiger charge is 2.25. The summed E-state index contributed by atoms with van der Waals surface area (Å²) >= 11 is 19.6. The van der Waals surface area contributed by atoms with Gasteiger partial charge in [0.25, 0.3) is 0 Å². The average Bonchev–Trinajstić information content (AvgIpc) is 2.95. The van der Waals surface area contributed by atoms with Crippen LogP contribution in [0, 0.1) is 0 Å². The van der Waals surface area contributed by atoms with Gasteiger partial charge in [0.15, 0.2) is 5.69 Å². The Labute approximate surface area is 163 Å². The SMILES string of the molecule is CSc1c(C(=O)O)nn(-c2ccc(Cl)cc2Cl)c1-c1ccc(Cl)cc1. The number of benzene rings is 2. The number of halogens is 3. The molecule has 0 aliphatic carbocycles. The van der Waals surface area contributed by atoms with Crippen LogP contribution < -0.4 is 0 Å². The van der Waals surface area contributed by atoms with Crippen LogP contribution in [0.1, 0.15) is 10.5 Å². The lowest BCUT2D eigenvalue weighted by molar-refractivity contribution is 0.0686. The maximum Gasteiger partial charge on any atom is 0.357 e. The van der Waals surface area contributed by atoms with E-state index < -0.39 is 5.97 Å². The molecular weight excluding hydrogens is 403 g/mol. The standard InChI is InChI=1S/C17H11Cl3N2O2S/c1-25-16-14(17(23)24)21-22(13-7-6-11(19)8-12(13)20)15(16)9-2-4-10(18)5-3-9/h2-8H,1H3,(H,23,24). The van der Waals surface area contributed by atoms with Crippen molar-refractivity contribution in [3.63, 3.8) is 0 Å². The molecule has 0 aliphatic rings. The van der Waals surface area contributed by atoms with Gasteiger partial charge >= 0.3 is 5.97 Å². The molecule has 3 rings (SSSR count). The van der Waals surface area contributed by atoms with Crippen molar-refractivity contribution in [3.8, 4) is 16.9 Å². The number of hydrogen-bond donors (Lipinski definition) is 1. The van der Waals surface area contributed by atoms with E-state index in [9.17, 15) is 9.90 Å². The van der Waals surface area contributed by atoms with E-state index >= 15 is 0 Å². The van der Waals surface area contributed by atoms with E-state index in [-0.39, 0.29) is 5.69 Å². The number of hydrogen-bond acceptors (Lipinski definition) is 3. The molecule has 4 nitrogen and oxygen atoms in total. The highest BCUT2D eigenvalue weighted by Crippen LogP contribution is 2.37. The normalized spacial score (nSPS) is 10.9. The molecule has 1 N–H and O–H groups in total. The third kappa shape index (κ3) is 3.51. The molecule has 8 heteroatoms. The quantitative estimate of drug-likeness (QED) is 0.539. The van der Waals surface area contributed by atoms with Crippen LogP contribution >= 0.6 is 46.6 Å². The topological polar surface area (TPSA) is 55.1 Å². The summed E-state index contributed by atoms with van der Waals surface area (Å²) in [5, 5.41) is 15.2. The van der Waals surface area contributed by atoms with Crippen LogP contribution in [-0.2, 0) is 0 Å². The minimum Gasteiger partial charge on any atom is -0.476 e. The van der Waals surface area contributed by atoms with Crippen LogP contribution in [0.4, 0.5) is 0 Å². The number of rotatable bonds is 4. The number of thioether (sulfide) groups is 1. The molecule has 0 spiro atoms. The number of carbonyl (C=O) groups is 1. The zero-order valence-corrected chi connectivity index (χ0v) is 15.9. The Kier molecular flexibility index (Phi) is 5.29. The van der Waals surface area contributed by atoms with Gasteiger partial charge in [-0.2, -0.15) is 5.10 Å². The molecule has 1 aromatic heterocycles. The van der Waals surface area contributed by atoms with Crippen molar-refractivity contribution in [1.82, 2.24) is 9.78 Å². The fourth-order valence-corrected chi connectivity index (χ4v) is 3.76. The van der Waals surface area contributed by atoms with Crippen LogP contribution in [0.15, 0.2) is 47.4 Å². The Hall–Kier alpha value is -1.66. The summed E-state index contributed by atoms with van der Waals surface area (Å²) in [7, 11) is 0. The smallest absolute Gasteiger partial charge is 0.357 e.